The van der Waals surface area contributed by atoms with Gasteiger partial charge in [0.1, 0.15) is 11.8 Å². The van der Waals surface area contributed by atoms with E-state index in [2.05, 4.69) is 10.6 Å². The summed E-state index contributed by atoms with van der Waals surface area (Å²) >= 11 is 5.85. The van der Waals surface area contributed by atoms with Gasteiger partial charge in [0.25, 0.3) is 5.91 Å². The van der Waals surface area contributed by atoms with Gasteiger partial charge in [0.15, 0.2) is 6.61 Å². The predicted octanol–water partition coefficient (Wildman–Crippen LogP) is 2.27. The van der Waals surface area contributed by atoms with Crippen LogP contribution in [0.5, 0.6) is 5.75 Å². The lowest BCUT2D eigenvalue weighted by Crippen LogP contribution is -2.51. The van der Waals surface area contributed by atoms with E-state index in [-0.39, 0.29) is 36.4 Å². The Labute approximate surface area is 176 Å². The molecule has 1 saturated heterocycles. The highest BCUT2D eigenvalue weighted by molar-refractivity contribution is 6.30. The van der Waals surface area contributed by atoms with Crippen molar-refractivity contribution in [2.75, 3.05) is 13.2 Å². The summed E-state index contributed by atoms with van der Waals surface area (Å²) in [6.07, 6.45) is 4.84. The second kappa shape index (κ2) is 9.96. The largest absolute Gasteiger partial charge is 0.484 e. The lowest BCUT2D eigenvalue weighted by molar-refractivity contribution is -0.140. The Morgan fingerprint density at radius 2 is 1.66 bits per heavy atom. The van der Waals surface area contributed by atoms with Crippen LogP contribution in [-0.2, 0) is 14.4 Å². The maximum atomic E-state index is 12.8. The molecule has 2 fully saturated rings. The van der Waals surface area contributed by atoms with Gasteiger partial charge in [-0.15, -0.1) is 0 Å². The lowest BCUT2D eigenvalue weighted by atomic mass is 9.91. The van der Waals surface area contributed by atoms with Gasteiger partial charge in [0, 0.05) is 30.6 Å². The molecule has 1 heterocycles. The number of hydrogen-bond acceptors (Lipinski definition) is 4. The van der Waals surface area contributed by atoms with E-state index < -0.39 is 6.04 Å². The van der Waals surface area contributed by atoms with Crippen LogP contribution < -0.4 is 15.4 Å². The number of carbonyl (C=O) groups excluding carboxylic acids is 3. The summed E-state index contributed by atoms with van der Waals surface area (Å²) in [5.41, 5.74) is 0. The molecule has 1 aromatic carbocycles. The summed E-state index contributed by atoms with van der Waals surface area (Å²) in [6.45, 7) is 1.99. The fraction of sp³-hybridized carbons (Fsp3) is 0.571. The van der Waals surface area contributed by atoms with E-state index >= 15 is 0 Å². The van der Waals surface area contributed by atoms with E-state index in [4.69, 9.17) is 16.3 Å². The summed E-state index contributed by atoms with van der Waals surface area (Å²) < 4.78 is 5.54. The number of hydrogen-bond donors (Lipinski definition) is 2. The molecule has 3 amide bonds. The molecular weight excluding hydrogens is 394 g/mol. The average molecular weight is 422 g/mol. The Morgan fingerprint density at radius 3 is 2.28 bits per heavy atom. The SMILES string of the molecule is CC(=O)NC1CCC(NC(=O)[C@H]2CCCN2C(=O)COc2ccc(Cl)cc2)CC1. The van der Waals surface area contributed by atoms with E-state index in [1.807, 2.05) is 0 Å². The van der Waals surface area contributed by atoms with Gasteiger partial charge < -0.3 is 20.3 Å². The van der Waals surface area contributed by atoms with Gasteiger partial charge in [-0.1, -0.05) is 11.6 Å². The third-order valence-corrected chi connectivity index (χ3v) is 5.78. The minimum atomic E-state index is -0.440. The van der Waals surface area contributed by atoms with Gasteiger partial charge in [0.05, 0.1) is 0 Å². The Morgan fingerprint density at radius 1 is 1.03 bits per heavy atom. The van der Waals surface area contributed by atoms with Crippen molar-refractivity contribution in [1.29, 1.82) is 0 Å². The van der Waals surface area contributed by atoms with Crippen LogP contribution in [-0.4, -0.2) is 53.9 Å². The molecule has 1 saturated carbocycles. The van der Waals surface area contributed by atoms with E-state index in [0.29, 0.717) is 23.7 Å². The molecule has 8 heteroatoms. The van der Waals surface area contributed by atoms with Gasteiger partial charge in [-0.25, -0.2) is 0 Å². The van der Waals surface area contributed by atoms with Crippen molar-refractivity contribution in [2.24, 2.45) is 0 Å². The van der Waals surface area contributed by atoms with Crippen LogP contribution in [0.4, 0.5) is 0 Å². The first-order valence-corrected chi connectivity index (χ1v) is 10.6. The fourth-order valence-corrected chi connectivity index (χ4v) is 4.19. The number of amides is 3. The quantitative estimate of drug-likeness (QED) is 0.737. The number of benzene rings is 1. The van der Waals surface area contributed by atoms with Crippen LogP contribution in [0.15, 0.2) is 24.3 Å². The standard InChI is InChI=1S/C21H28ClN3O4/c1-14(26)23-16-6-8-17(9-7-16)24-21(28)19-3-2-12-25(19)20(27)13-29-18-10-4-15(22)5-11-18/h4-5,10-11,16-17,19H,2-3,6-9,12-13H2,1H3,(H,23,26)(H,24,28)/t16?,17?,19-/m1/s1. The van der Waals surface area contributed by atoms with Crippen molar-refractivity contribution >= 4 is 29.3 Å². The summed E-state index contributed by atoms with van der Waals surface area (Å²) in [5.74, 6) is 0.273. The number of nitrogens with one attached hydrogen (secondary N) is 2. The maximum Gasteiger partial charge on any atom is 0.261 e. The molecule has 0 unspecified atom stereocenters. The summed E-state index contributed by atoms with van der Waals surface area (Å²) in [4.78, 5) is 38.2. The Kier molecular flexibility index (Phi) is 7.36. The average Bonchev–Trinajstić information content (AvgIpc) is 3.18. The fourth-order valence-electron chi connectivity index (χ4n) is 4.06. The Balaban J connectivity index is 1.46. The topological polar surface area (TPSA) is 87.7 Å². The molecule has 3 rings (SSSR count). The summed E-state index contributed by atoms with van der Waals surface area (Å²) in [6, 6.07) is 6.67. The first-order valence-electron chi connectivity index (χ1n) is 10.2. The van der Waals surface area contributed by atoms with Gasteiger partial charge in [0.2, 0.25) is 11.8 Å². The molecule has 1 aliphatic heterocycles. The van der Waals surface area contributed by atoms with Crippen molar-refractivity contribution in [3.63, 3.8) is 0 Å². The zero-order chi connectivity index (χ0) is 20.8. The number of likely N-dealkylation sites (tertiary alicyclic amines) is 1. The molecule has 2 aliphatic rings. The van der Waals surface area contributed by atoms with E-state index in [9.17, 15) is 14.4 Å². The van der Waals surface area contributed by atoms with Crippen LogP contribution in [0.1, 0.15) is 45.4 Å². The number of rotatable bonds is 6. The zero-order valence-electron chi connectivity index (χ0n) is 16.7. The molecule has 2 N–H and O–H groups in total. The molecule has 29 heavy (non-hydrogen) atoms. The third-order valence-electron chi connectivity index (χ3n) is 5.53. The smallest absolute Gasteiger partial charge is 0.261 e. The maximum absolute atomic E-state index is 12.8. The van der Waals surface area contributed by atoms with Crippen molar-refractivity contribution in [3.05, 3.63) is 29.3 Å². The number of carbonyl (C=O) groups is 3. The molecule has 0 bridgehead atoms. The molecule has 0 radical (unpaired) electrons. The second-order valence-corrected chi connectivity index (χ2v) is 8.18. The molecule has 0 spiro atoms. The van der Waals surface area contributed by atoms with E-state index in [0.717, 1.165) is 32.1 Å². The molecule has 7 nitrogen and oxygen atoms in total. The van der Waals surface area contributed by atoms with Crippen LogP contribution in [0.3, 0.4) is 0 Å². The van der Waals surface area contributed by atoms with Gasteiger partial charge >= 0.3 is 0 Å². The molecule has 1 atom stereocenters. The van der Waals surface area contributed by atoms with Crippen molar-refractivity contribution in [3.8, 4) is 5.75 Å². The first-order chi connectivity index (χ1) is 13.9. The number of ether oxygens (including phenoxy) is 1. The second-order valence-electron chi connectivity index (χ2n) is 7.75. The Hall–Kier alpha value is -2.28. The molecular formula is C21H28ClN3O4. The monoisotopic (exact) mass is 421 g/mol. The van der Waals surface area contributed by atoms with Crippen LogP contribution in [0.2, 0.25) is 5.02 Å². The third kappa shape index (κ3) is 6.10. The van der Waals surface area contributed by atoms with Crippen molar-refractivity contribution < 1.29 is 19.1 Å². The minimum absolute atomic E-state index is 0.0154. The highest BCUT2D eigenvalue weighted by atomic mass is 35.5. The lowest BCUT2D eigenvalue weighted by Gasteiger charge is -2.31. The molecule has 1 aromatic rings. The van der Waals surface area contributed by atoms with E-state index in [1.54, 1.807) is 29.2 Å². The van der Waals surface area contributed by atoms with Crippen molar-refractivity contribution in [1.82, 2.24) is 15.5 Å². The molecule has 0 aromatic heterocycles. The number of halogens is 1. The van der Waals surface area contributed by atoms with Crippen LogP contribution in [0, 0.1) is 0 Å². The van der Waals surface area contributed by atoms with Crippen molar-refractivity contribution in [2.45, 2.75) is 63.6 Å². The molecule has 1 aliphatic carbocycles. The number of nitrogens with zero attached hydrogens (tertiary/aromatic N) is 1. The van der Waals surface area contributed by atoms with Crippen LogP contribution >= 0.6 is 11.6 Å². The summed E-state index contributed by atoms with van der Waals surface area (Å²) in [5, 5.41) is 6.64. The van der Waals surface area contributed by atoms with Crippen LogP contribution in [0.25, 0.3) is 0 Å². The highest BCUT2D eigenvalue weighted by Gasteiger charge is 2.35. The first kappa shape index (κ1) is 21.4. The van der Waals surface area contributed by atoms with Gasteiger partial charge in [-0.3, -0.25) is 14.4 Å². The highest BCUT2D eigenvalue weighted by Crippen LogP contribution is 2.22. The van der Waals surface area contributed by atoms with Gasteiger partial charge in [-0.2, -0.15) is 0 Å². The summed E-state index contributed by atoms with van der Waals surface area (Å²) in [7, 11) is 0. The normalized spacial score (nSPS) is 24.1. The minimum Gasteiger partial charge on any atom is -0.484 e. The zero-order valence-corrected chi connectivity index (χ0v) is 17.4. The molecule has 158 valence electrons. The van der Waals surface area contributed by atoms with Gasteiger partial charge in [-0.05, 0) is 62.8 Å². The van der Waals surface area contributed by atoms with E-state index in [1.165, 1.54) is 6.92 Å². The Bertz CT molecular complexity index is 732. The predicted molar refractivity (Wildman–Crippen MR) is 110 cm³/mol.